The van der Waals surface area contributed by atoms with Crippen LogP contribution in [0.4, 0.5) is 0 Å². The highest BCUT2D eigenvalue weighted by atomic mass is 35.5. The normalized spacial score (nSPS) is 10.7. The highest BCUT2D eigenvalue weighted by molar-refractivity contribution is 6.31. The molecule has 0 spiro atoms. The molecule has 0 aliphatic carbocycles. The Bertz CT molecular complexity index is 516. The summed E-state index contributed by atoms with van der Waals surface area (Å²) in [6, 6.07) is 10.6. The van der Waals surface area contributed by atoms with Gasteiger partial charge in [0.1, 0.15) is 0 Å². The van der Waals surface area contributed by atoms with Gasteiger partial charge in [0, 0.05) is 10.0 Å². The Morgan fingerprint density at radius 3 is 1.44 bits per heavy atom. The molecule has 2 aromatic carbocycles. The van der Waals surface area contributed by atoms with Crippen LogP contribution in [0.2, 0.25) is 10.0 Å². The van der Waals surface area contributed by atoms with E-state index in [4.69, 9.17) is 23.2 Å². The lowest BCUT2D eigenvalue weighted by Gasteiger charge is -2.12. The van der Waals surface area contributed by atoms with E-state index in [0.717, 1.165) is 22.3 Å². The molecule has 2 N–H and O–H groups in total. The van der Waals surface area contributed by atoms with Crippen molar-refractivity contribution < 1.29 is 10.2 Å². The zero-order chi connectivity index (χ0) is 13.1. The van der Waals surface area contributed by atoms with E-state index >= 15 is 0 Å². The fourth-order valence-electron chi connectivity index (χ4n) is 1.91. The number of halogens is 2. The molecule has 0 saturated carbocycles. The maximum atomic E-state index is 9.38. The van der Waals surface area contributed by atoms with Gasteiger partial charge in [-0.05, 0) is 46.5 Å². The predicted molar refractivity (Wildman–Crippen MR) is 73.7 cm³/mol. The molecule has 0 aliphatic rings. The van der Waals surface area contributed by atoms with E-state index in [1.165, 1.54) is 0 Å². The zero-order valence-corrected chi connectivity index (χ0v) is 11.0. The van der Waals surface area contributed by atoms with Crippen LogP contribution in [0.3, 0.4) is 0 Å². The SMILES string of the molecule is OCc1cc(Cl)ccc1-c1ccc(Cl)cc1CO. The van der Waals surface area contributed by atoms with E-state index in [-0.39, 0.29) is 13.2 Å². The highest BCUT2D eigenvalue weighted by Crippen LogP contribution is 2.31. The summed E-state index contributed by atoms with van der Waals surface area (Å²) in [7, 11) is 0. The van der Waals surface area contributed by atoms with Crippen LogP contribution in [0, 0.1) is 0 Å². The van der Waals surface area contributed by atoms with Crippen molar-refractivity contribution >= 4 is 23.2 Å². The lowest BCUT2D eigenvalue weighted by Crippen LogP contribution is -1.94. The van der Waals surface area contributed by atoms with Crippen LogP contribution in [0.5, 0.6) is 0 Å². The summed E-state index contributed by atoms with van der Waals surface area (Å²) < 4.78 is 0. The fourth-order valence-corrected chi connectivity index (χ4v) is 2.30. The van der Waals surface area contributed by atoms with Gasteiger partial charge >= 0.3 is 0 Å². The smallest absolute Gasteiger partial charge is 0.0688 e. The van der Waals surface area contributed by atoms with Gasteiger partial charge in [0.05, 0.1) is 13.2 Å². The van der Waals surface area contributed by atoms with Gasteiger partial charge in [-0.15, -0.1) is 0 Å². The molecule has 0 fully saturated rings. The van der Waals surface area contributed by atoms with Crippen LogP contribution < -0.4 is 0 Å². The second kappa shape index (κ2) is 5.72. The van der Waals surface area contributed by atoms with Gasteiger partial charge in [0.15, 0.2) is 0 Å². The number of aliphatic hydroxyl groups is 2. The van der Waals surface area contributed by atoms with Gasteiger partial charge in [0.25, 0.3) is 0 Å². The van der Waals surface area contributed by atoms with Gasteiger partial charge in [-0.1, -0.05) is 35.3 Å². The second-order valence-corrected chi connectivity index (χ2v) is 4.79. The zero-order valence-electron chi connectivity index (χ0n) is 9.53. The van der Waals surface area contributed by atoms with E-state index in [1.54, 1.807) is 24.3 Å². The van der Waals surface area contributed by atoms with Crippen molar-refractivity contribution in [3.05, 3.63) is 57.6 Å². The molecule has 0 radical (unpaired) electrons. The van der Waals surface area contributed by atoms with Gasteiger partial charge in [-0.3, -0.25) is 0 Å². The Labute approximate surface area is 115 Å². The Morgan fingerprint density at radius 2 is 1.11 bits per heavy atom. The van der Waals surface area contributed by atoms with Crippen molar-refractivity contribution in [1.82, 2.24) is 0 Å². The minimum Gasteiger partial charge on any atom is -0.392 e. The van der Waals surface area contributed by atoms with Crippen LogP contribution in [-0.4, -0.2) is 10.2 Å². The number of hydrogen-bond acceptors (Lipinski definition) is 2. The van der Waals surface area contributed by atoms with Crippen molar-refractivity contribution in [3.63, 3.8) is 0 Å². The first-order chi connectivity index (χ1) is 8.65. The molecule has 4 heteroatoms. The molecule has 0 aromatic heterocycles. The summed E-state index contributed by atoms with van der Waals surface area (Å²) in [6.45, 7) is -0.215. The van der Waals surface area contributed by atoms with Crippen molar-refractivity contribution in [2.45, 2.75) is 13.2 Å². The third-order valence-corrected chi connectivity index (χ3v) is 3.24. The first kappa shape index (κ1) is 13.4. The quantitative estimate of drug-likeness (QED) is 0.902. The van der Waals surface area contributed by atoms with Gasteiger partial charge in [-0.2, -0.15) is 0 Å². The molecule has 0 heterocycles. The number of rotatable bonds is 3. The molecule has 2 nitrogen and oxygen atoms in total. The number of aliphatic hydroxyl groups excluding tert-OH is 2. The maximum Gasteiger partial charge on any atom is 0.0688 e. The summed E-state index contributed by atoms with van der Waals surface area (Å²) >= 11 is 11.8. The first-order valence-corrected chi connectivity index (χ1v) is 6.20. The monoisotopic (exact) mass is 282 g/mol. The molecular weight excluding hydrogens is 271 g/mol. The molecule has 0 saturated heterocycles. The molecule has 94 valence electrons. The third-order valence-electron chi connectivity index (χ3n) is 2.77. The maximum absolute atomic E-state index is 9.38. The third kappa shape index (κ3) is 2.68. The Morgan fingerprint density at radius 1 is 0.722 bits per heavy atom. The first-order valence-electron chi connectivity index (χ1n) is 5.44. The second-order valence-electron chi connectivity index (χ2n) is 3.92. The van der Waals surface area contributed by atoms with Gasteiger partial charge < -0.3 is 10.2 Å². The summed E-state index contributed by atoms with van der Waals surface area (Å²) in [5.41, 5.74) is 3.14. The van der Waals surface area contributed by atoms with Crippen LogP contribution in [0.25, 0.3) is 11.1 Å². The Kier molecular flexibility index (Phi) is 4.25. The van der Waals surface area contributed by atoms with Gasteiger partial charge in [0.2, 0.25) is 0 Å². The van der Waals surface area contributed by atoms with E-state index in [9.17, 15) is 10.2 Å². The lowest BCUT2D eigenvalue weighted by atomic mass is 9.96. The van der Waals surface area contributed by atoms with Crippen LogP contribution in [0.15, 0.2) is 36.4 Å². The summed E-state index contributed by atoms with van der Waals surface area (Å²) in [5, 5.41) is 19.9. The summed E-state index contributed by atoms with van der Waals surface area (Å²) in [5.74, 6) is 0. The van der Waals surface area contributed by atoms with Crippen LogP contribution in [-0.2, 0) is 13.2 Å². The molecule has 0 atom stereocenters. The predicted octanol–water partition coefficient (Wildman–Crippen LogP) is 3.65. The van der Waals surface area contributed by atoms with Crippen molar-refractivity contribution in [2.24, 2.45) is 0 Å². The topological polar surface area (TPSA) is 40.5 Å². The minimum atomic E-state index is -0.108. The van der Waals surface area contributed by atoms with E-state index in [0.29, 0.717) is 10.0 Å². The molecular formula is C14H12Cl2O2. The standard InChI is InChI=1S/C14H12Cl2O2/c15-11-1-3-13(9(5-11)7-17)14-4-2-12(16)6-10(14)8-18/h1-6,17-18H,7-8H2. The van der Waals surface area contributed by atoms with Gasteiger partial charge in [-0.25, -0.2) is 0 Å². The summed E-state index contributed by atoms with van der Waals surface area (Å²) in [4.78, 5) is 0. The van der Waals surface area contributed by atoms with E-state index in [1.807, 2.05) is 12.1 Å². The van der Waals surface area contributed by atoms with Crippen LogP contribution in [0.1, 0.15) is 11.1 Å². The van der Waals surface area contributed by atoms with Crippen molar-refractivity contribution in [3.8, 4) is 11.1 Å². The minimum absolute atomic E-state index is 0.108. The Hall–Kier alpha value is -1.06. The Balaban J connectivity index is 2.61. The molecule has 0 unspecified atom stereocenters. The van der Waals surface area contributed by atoms with E-state index < -0.39 is 0 Å². The summed E-state index contributed by atoms with van der Waals surface area (Å²) in [6.07, 6.45) is 0. The number of hydrogen-bond donors (Lipinski definition) is 2. The lowest BCUT2D eigenvalue weighted by molar-refractivity contribution is 0.280. The largest absolute Gasteiger partial charge is 0.392 e. The van der Waals surface area contributed by atoms with E-state index in [2.05, 4.69) is 0 Å². The molecule has 0 bridgehead atoms. The van der Waals surface area contributed by atoms with Crippen molar-refractivity contribution in [2.75, 3.05) is 0 Å². The molecule has 0 amide bonds. The molecule has 2 aromatic rings. The van der Waals surface area contributed by atoms with Crippen LogP contribution >= 0.6 is 23.2 Å². The molecule has 18 heavy (non-hydrogen) atoms. The molecule has 2 rings (SSSR count). The highest BCUT2D eigenvalue weighted by Gasteiger charge is 2.10. The number of benzene rings is 2. The fraction of sp³-hybridized carbons (Fsp3) is 0.143. The van der Waals surface area contributed by atoms with Crippen molar-refractivity contribution in [1.29, 1.82) is 0 Å². The average molecular weight is 283 g/mol. The average Bonchev–Trinajstić information content (AvgIpc) is 2.38. The molecule has 0 aliphatic heterocycles.